The molecule has 2 N–H and O–H groups in total. The Hall–Kier alpha value is -2.57. The number of anilines is 1. The lowest BCUT2D eigenvalue weighted by Crippen LogP contribution is -2.45. The smallest absolute Gasteiger partial charge is 0.226 e. The lowest BCUT2D eigenvalue weighted by atomic mass is 10.1. The van der Waals surface area contributed by atoms with Crippen LogP contribution in [0.4, 0.5) is 5.69 Å². The van der Waals surface area contributed by atoms with Gasteiger partial charge in [-0.1, -0.05) is 25.0 Å². The molecule has 2 aliphatic heterocycles. The van der Waals surface area contributed by atoms with Crippen LogP contribution in [0.15, 0.2) is 29.3 Å². The molecule has 0 aromatic heterocycles. The van der Waals surface area contributed by atoms with Crippen molar-refractivity contribution in [2.24, 2.45) is 10.9 Å². The minimum Gasteiger partial charge on any atom is -0.352 e. The first kappa shape index (κ1) is 21.7. The number of guanidine groups is 1. The van der Waals surface area contributed by atoms with Crippen LogP contribution in [0.2, 0.25) is 0 Å². The van der Waals surface area contributed by atoms with Crippen molar-refractivity contribution in [1.82, 2.24) is 15.5 Å². The summed E-state index contributed by atoms with van der Waals surface area (Å²) >= 11 is 0. The van der Waals surface area contributed by atoms with E-state index in [4.69, 9.17) is 0 Å². The van der Waals surface area contributed by atoms with Crippen LogP contribution in [-0.2, 0) is 16.1 Å². The molecular weight excluding hydrogens is 390 g/mol. The largest absolute Gasteiger partial charge is 0.352 e. The molecule has 1 atom stereocenters. The van der Waals surface area contributed by atoms with Gasteiger partial charge in [-0.15, -0.1) is 0 Å². The molecule has 168 valence electrons. The van der Waals surface area contributed by atoms with Crippen molar-refractivity contribution in [3.8, 4) is 0 Å². The molecule has 1 unspecified atom stereocenters. The Bertz CT molecular complexity index is 801. The van der Waals surface area contributed by atoms with Crippen LogP contribution in [0.3, 0.4) is 0 Å². The van der Waals surface area contributed by atoms with Crippen molar-refractivity contribution in [3.63, 3.8) is 0 Å². The van der Waals surface area contributed by atoms with E-state index in [1.807, 2.05) is 21.9 Å². The fraction of sp³-hybridized carbons (Fsp3) is 0.625. The number of aliphatic imine (C=N–C) groups is 1. The highest BCUT2D eigenvalue weighted by Crippen LogP contribution is 2.28. The Morgan fingerprint density at radius 3 is 2.55 bits per heavy atom. The van der Waals surface area contributed by atoms with Gasteiger partial charge in [-0.2, -0.15) is 0 Å². The molecule has 0 radical (unpaired) electrons. The Labute approximate surface area is 185 Å². The molecule has 2 saturated heterocycles. The third-order valence-corrected chi connectivity index (χ3v) is 6.80. The molecule has 2 heterocycles. The number of amides is 2. The number of rotatable bonds is 5. The number of likely N-dealkylation sites (tertiary alicyclic amines) is 1. The summed E-state index contributed by atoms with van der Waals surface area (Å²) in [6.07, 6.45) is 8.17. The van der Waals surface area contributed by atoms with Gasteiger partial charge in [0.1, 0.15) is 0 Å². The van der Waals surface area contributed by atoms with Gasteiger partial charge in [-0.25, -0.2) is 0 Å². The molecule has 31 heavy (non-hydrogen) atoms. The molecule has 0 bridgehead atoms. The van der Waals surface area contributed by atoms with Gasteiger partial charge in [0, 0.05) is 57.3 Å². The summed E-state index contributed by atoms with van der Waals surface area (Å²) in [4.78, 5) is 33.0. The Kier molecular flexibility index (Phi) is 7.10. The third kappa shape index (κ3) is 5.38. The Morgan fingerprint density at radius 2 is 1.84 bits per heavy atom. The first-order valence-corrected chi connectivity index (χ1v) is 11.8. The molecule has 1 saturated carbocycles. The third-order valence-electron chi connectivity index (χ3n) is 6.80. The predicted molar refractivity (Wildman–Crippen MR) is 123 cm³/mol. The molecule has 7 nitrogen and oxygen atoms in total. The summed E-state index contributed by atoms with van der Waals surface area (Å²) in [6, 6.07) is 8.42. The normalized spacial score (nSPS) is 22.8. The quantitative estimate of drug-likeness (QED) is 0.562. The zero-order valence-corrected chi connectivity index (χ0v) is 18.6. The van der Waals surface area contributed by atoms with E-state index in [0.717, 1.165) is 68.9 Å². The maximum Gasteiger partial charge on any atom is 0.226 e. The Balaban J connectivity index is 1.24. The number of carbonyl (C=O) groups is 2. The van der Waals surface area contributed by atoms with Crippen molar-refractivity contribution in [3.05, 3.63) is 29.8 Å². The van der Waals surface area contributed by atoms with Gasteiger partial charge in [0.25, 0.3) is 0 Å². The second kappa shape index (κ2) is 10.2. The number of hydrogen-bond acceptors (Lipinski definition) is 3. The van der Waals surface area contributed by atoms with Crippen LogP contribution in [-0.4, -0.2) is 55.4 Å². The summed E-state index contributed by atoms with van der Waals surface area (Å²) in [5.74, 6) is 1.57. The highest BCUT2D eigenvalue weighted by atomic mass is 16.2. The number of nitrogens with one attached hydrogen (secondary N) is 2. The summed E-state index contributed by atoms with van der Waals surface area (Å²) in [5.41, 5.74) is 2.12. The second-order valence-corrected chi connectivity index (χ2v) is 8.99. The molecule has 4 rings (SSSR count). The minimum atomic E-state index is 0.221. The summed E-state index contributed by atoms with van der Waals surface area (Å²) in [6.45, 7) is 3.06. The number of nitrogens with zero attached hydrogens (tertiary/aromatic N) is 3. The zero-order chi connectivity index (χ0) is 21.6. The maximum absolute atomic E-state index is 12.6. The van der Waals surface area contributed by atoms with E-state index < -0.39 is 0 Å². The average molecular weight is 426 g/mol. The number of hydrogen-bond donors (Lipinski definition) is 2. The van der Waals surface area contributed by atoms with Crippen LogP contribution < -0.4 is 15.5 Å². The lowest BCUT2D eigenvalue weighted by Gasteiger charge is -2.27. The van der Waals surface area contributed by atoms with Gasteiger partial charge in [-0.05, 0) is 49.8 Å². The van der Waals surface area contributed by atoms with Crippen LogP contribution >= 0.6 is 0 Å². The molecule has 1 aromatic carbocycles. The van der Waals surface area contributed by atoms with Gasteiger partial charge in [0.15, 0.2) is 5.96 Å². The fourth-order valence-electron chi connectivity index (χ4n) is 4.96. The van der Waals surface area contributed by atoms with Gasteiger partial charge in [0.05, 0.1) is 0 Å². The predicted octanol–water partition coefficient (Wildman–Crippen LogP) is 2.66. The highest BCUT2D eigenvalue weighted by Gasteiger charge is 2.32. The van der Waals surface area contributed by atoms with Crippen molar-refractivity contribution < 1.29 is 9.59 Å². The van der Waals surface area contributed by atoms with Crippen molar-refractivity contribution in [2.75, 3.05) is 31.6 Å². The first-order valence-electron chi connectivity index (χ1n) is 11.8. The molecular formula is C24H35N5O2. The zero-order valence-electron chi connectivity index (χ0n) is 18.6. The minimum absolute atomic E-state index is 0.221. The number of piperidine rings is 1. The van der Waals surface area contributed by atoms with E-state index in [2.05, 4.69) is 27.8 Å². The Morgan fingerprint density at radius 1 is 1.06 bits per heavy atom. The van der Waals surface area contributed by atoms with Crippen molar-refractivity contribution >= 4 is 23.5 Å². The molecule has 0 spiro atoms. The summed E-state index contributed by atoms with van der Waals surface area (Å²) in [7, 11) is 1.77. The molecule has 3 aliphatic rings. The van der Waals surface area contributed by atoms with Gasteiger partial charge < -0.3 is 20.4 Å². The maximum atomic E-state index is 12.6. The van der Waals surface area contributed by atoms with Crippen molar-refractivity contribution in [1.29, 1.82) is 0 Å². The SMILES string of the molecule is CN=C(NCc1ccc(N2CCCCC2=O)cc1)NC1CCN(C(=O)C2CCCC2)C1. The summed E-state index contributed by atoms with van der Waals surface area (Å²) < 4.78 is 0. The van der Waals surface area contributed by atoms with Gasteiger partial charge in [0.2, 0.25) is 11.8 Å². The van der Waals surface area contributed by atoms with E-state index in [1.54, 1.807) is 7.05 Å². The van der Waals surface area contributed by atoms with E-state index in [-0.39, 0.29) is 17.9 Å². The topological polar surface area (TPSA) is 77.0 Å². The molecule has 7 heteroatoms. The van der Waals surface area contributed by atoms with E-state index >= 15 is 0 Å². The van der Waals surface area contributed by atoms with Gasteiger partial charge in [-0.3, -0.25) is 14.6 Å². The number of benzene rings is 1. The average Bonchev–Trinajstić information content (AvgIpc) is 3.49. The molecule has 1 aromatic rings. The second-order valence-electron chi connectivity index (χ2n) is 8.99. The van der Waals surface area contributed by atoms with Crippen LogP contribution in [0, 0.1) is 5.92 Å². The van der Waals surface area contributed by atoms with Gasteiger partial charge >= 0.3 is 0 Å². The highest BCUT2D eigenvalue weighted by molar-refractivity contribution is 5.94. The van der Waals surface area contributed by atoms with E-state index in [9.17, 15) is 9.59 Å². The van der Waals surface area contributed by atoms with Crippen LogP contribution in [0.1, 0.15) is 56.9 Å². The molecule has 2 amide bonds. The van der Waals surface area contributed by atoms with E-state index in [1.165, 1.54) is 12.8 Å². The molecule has 3 fully saturated rings. The van der Waals surface area contributed by atoms with Crippen LogP contribution in [0.5, 0.6) is 0 Å². The fourth-order valence-corrected chi connectivity index (χ4v) is 4.96. The van der Waals surface area contributed by atoms with Crippen LogP contribution in [0.25, 0.3) is 0 Å². The summed E-state index contributed by atoms with van der Waals surface area (Å²) in [5, 5.41) is 6.85. The standard InChI is InChI=1S/C24H35N5O2/c1-25-24(27-20-13-15-28(17-20)23(31)19-6-2-3-7-19)26-16-18-9-11-21(12-10-18)29-14-5-4-8-22(29)30/h9-12,19-20H,2-8,13-17H2,1H3,(H2,25,26,27). The van der Waals surface area contributed by atoms with E-state index in [0.29, 0.717) is 18.9 Å². The first-order chi connectivity index (χ1) is 15.1. The number of carbonyl (C=O) groups excluding carboxylic acids is 2. The lowest BCUT2D eigenvalue weighted by molar-refractivity contribution is -0.134. The van der Waals surface area contributed by atoms with Crippen molar-refractivity contribution in [2.45, 2.75) is 64.0 Å². The molecule has 1 aliphatic carbocycles. The monoisotopic (exact) mass is 425 g/mol.